The van der Waals surface area contributed by atoms with Gasteiger partial charge in [-0.25, -0.2) is 4.98 Å². The molecular weight excluding hydrogens is 336 g/mol. The van der Waals surface area contributed by atoms with Gasteiger partial charge in [-0.1, -0.05) is 11.6 Å². The second-order valence-electron chi connectivity index (χ2n) is 7.35. The molecule has 2 fully saturated rings. The summed E-state index contributed by atoms with van der Waals surface area (Å²) in [7, 11) is 0. The molecule has 5 rings (SSSR count). The topological polar surface area (TPSA) is 68.3 Å². The summed E-state index contributed by atoms with van der Waals surface area (Å²) < 4.78 is 6.36. The van der Waals surface area contributed by atoms with Gasteiger partial charge >= 0.3 is 0 Å². The molecule has 6 heteroatoms. The molecule has 0 radical (unpaired) electrons. The van der Waals surface area contributed by atoms with Gasteiger partial charge in [-0.15, -0.1) is 11.3 Å². The molecule has 1 amide bonds. The lowest BCUT2D eigenvalue weighted by molar-refractivity contribution is -0.119. The lowest BCUT2D eigenvalue weighted by Crippen LogP contribution is -2.44. The smallest absolute Gasteiger partial charge is 0.230 e. The standard InChI is InChI=1S/C19H18N2O3S/c1-10-2-3-14-12(8-10)13(22)9-19(24-14)5-4-11-15(16(11)19)17(23)21-18-20-6-7-25-18/h2-3,6-8,11,15-16H,4-5,9H2,1H3,(H,20,21,23)/t11-,15-,16+,19+/m1/s1. The minimum atomic E-state index is -0.505. The number of anilines is 1. The van der Waals surface area contributed by atoms with Crippen LogP contribution in [0.15, 0.2) is 29.8 Å². The first-order valence-electron chi connectivity index (χ1n) is 8.61. The lowest BCUT2D eigenvalue weighted by atomic mass is 9.84. The van der Waals surface area contributed by atoms with Gasteiger partial charge in [0.25, 0.3) is 0 Å². The van der Waals surface area contributed by atoms with Crippen LogP contribution in [0, 0.1) is 24.7 Å². The number of aromatic nitrogens is 1. The molecule has 128 valence electrons. The van der Waals surface area contributed by atoms with Crippen molar-refractivity contribution < 1.29 is 14.3 Å². The number of benzene rings is 1. The highest BCUT2D eigenvalue weighted by molar-refractivity contribution is 7.13. The van der Waals surface area contributed by atoms with Crippen molar-refractivity contribution in [2.75, 3.05) is 5.32 Å². The van der Waals surface area contributed by atoms with E-state index < -0.39 is 5.60 Å². The van der Waals surface area contributed by atoms with Gasteiger partial charge in [-0.05, 0) is 37.8 Å². The first kappa shape index (κ1) is 15.1. The number of carbonyl (C=O) groups is 2. The summed E-state index contributed by atoms with van der Waals surface area (Å²) in [6, 6.07) is 5.76. The third-order valence-corrected chi connectivity index (χ3v) is 6.54. The predicted molar refractivity (Wildman–Crippen MR) is 93.9 cm³/mol. The van der Waals surface area contributed by atoms with Crippen LogP contribution in [0.2, 0.25) is 0 Å². The van der Waals surface area contributed by atoms with Crippen LogP contribution in [0.1, 0.15) is 35.2 Å². The number of carbonyl (C=O) groups excluding carboxylic acids is 2. The quantitative estimate of drug-likeness (QED) is 0.897. The van der Waals surface area contributed by atoms with Crippen LogP contribution in [0.3, 0.4) is 0 Å². The molecule has 0 saturated heterocycles. The number of thiazole rings is 1. The number of aryl methyl sites for hydroxylation is 1. The molecule has 2 aromatic rings. The van der Waals surface area contributed by atoms with E-state index in [2.05, 4.69) is 10.3 Å². The summed E-state index contributed by atoms with van der Waals surface area (Å²) in [6.07, 6.45) is 3.85. The van der Waals surface area contributed by atoms with Crippen LogP contribution in [-0.2, 0) is 4.79 Å². The Balaban J connectivity index is 1.40. The number of nitrogens with zero attached hydrogens (tertiary/aromatic N) is 1. The van der Waals surface area contributed by atoms with Crippen LogP contribution in [-0.4, -0.2) is 22.3 Å². The fraction of sp³-hybridized carbons (Fsp3) is 0.421. The van der Waals surface area contributed by atoms with Gasteiger partial charge in [0.15, 0.2) is 10.9 Å². The summed E-state index contributed by atoms with van der Waals surface area (Å²) in [5.41, 5.74) is 1.23. The molecule has 1 aromatic heterocycles. The number of Topliss-reactive ketones (excluding diaryl/α,β-unsaturated/α-hetero) is 1. The number of amides is 1. The summed E-state index contributed by atoms with van der Waals surface area (Å²) in [4.78, 5) is 29.4. The SMILES string of the molecule is Cc1ccc2c(c1)C(=O)C[C@]1(CC[C@@H]3[C@@H](C(=O)Nc4nccs4)[C@H]31)O2. The number of ether oxygens (including phenoxy) is 1. The summed E-state index contributed by atoms with van der Waals surface area (Å²) in [5.74, 6) is 1.20. The Hall–Kier alpha value is -2.21. The Morgan fingerprint density at radius 3 is 3.12 bits per heavy atom. The monoisotopic (exact) mass is 354 g/mol. The second-order valence-corrected chi connectivity index (χ2v) is 8.24. The van der Waals surface area contributed by atoms with Gasteiger partial charge in [0, 0.05) is 23.4 Å². The van der Waals surface area contributed by atoms with Crippen LogP contribution < -0.4 is 10.1 Å². The summed E-state index contributed by atoms with van der Waals surface area (Å²) >= 11 is 1.42. The molecule has 1 N–H and O–H groups in total. The van der Waals surface area contributed by atoms with Crippen molar-refractivity contribution >= 4 is 28.2 Å². The second kappa shape index (κ2) is 5.14. The maximum Gasteiger partial charge on any atom is 0.230 e. The maximum absolute atomic E-state index is 12.7. The third kappa shape index (κ3) is 2.24. The highest BCUT2D eigenvalue weighted by atomic mass is 32.1. The number of fused-ring (bicyclic) bond motifs is 3. The molecule has 25 heavy (non-hydrogen) atoms. The number of nitrogens with one attached hydrogen (secondary N) is 1. The van der Waals surface area contributed by atoms with E-state index >= 15 is 0 Å². The maximum atomic E-state index is 12.7. The van der Waals surface area contributed by atoms with Gasteiger partial charge in [0.05, 0.1) is 12.0 Å². The number of ketones is 1. The van der Waals surface area contributed by atoms with E-state index in [-0.39, 0.29) is 23.5 Å². The van der Waals surface area contributed by atoms with Crippen molar-refractivity contribution in [3.8, 4) is 5.75 Å². The predicted octanol–water partition coefficient (Wildman–Crippen LogP) is 3.45. The van der Waals surface area contributed by atoms with E-state index in [9.17, 15) is 9.59 Å². The van der Waals surface area contributed by atoms with Crippen molar-refractivity contribution in [3.05, 3.63) is 40.9 Å². The molecule has 2 aliphatic carbocycles. The first-order valence-corrected chi connectivity index (χ1v) is 9.49. The number of hydrogen-bond donors (Lipinski definition) is 1. The van der Waals surface area contributed by atoms with E-state index in [1.807, 2.05) is 30.5 Å². The van der Waals surface area contributed by atoms with E-state index in [1.54, 1.807) is 6.20 Å². The fourth-order valence-electron chi connectivity index (χ4n) is 4.76. The van der Waals surface area contributed by atoms with Crippen LogP contribution >= 0.6 is 11.3 Å². The summed E-state index contributed by atoms with van der Waals surface area (Å²) in [6.45, 7) is 1.98. The minimum absolute atomic E-state index is 0.00905. The zero-order valence-electron chi connectivity index (χ0n) is 13.8. The van der Waals surface area contributed by atoms with E-state index in [0.29, 0.717) is 28.8 Å². The molecule has 1 spiro atoms. The Kier molecular flexibility index (Phi) is 3.10. The van der Waals surface area contributed by atoms with Crippen molar-refractivity contribution in [2.24, 2.45) is 17.8 Å². The number of rotatable bonds is 2. The van der Waals surface area contributed by atoms with Gasteiger partial charge in [-0.3, -0.25) is 9.59 Å². The molecule has 2 saturated carbocycles. The van der Waals surface area contributed by atoms with Gasteiger partial charge in [0.2, 0.25) is 5.91 Å². The normalized spacial score (nSPS) is 32.0. The molecular formula is C19H18N2O3S. The Labute approximate surface area is 149 Å². The Morgan fingerprint density at radius 1 is 1.44 bits per heavy atom. The highest BCUT2D eigenvalue weighted by Crippen LogP contribution is 2.65. The molecule has 3 aliphatic rings. The molecule has 4 atom stereocenters. The fourth-order valence-corrected chi connectivity index (χ4v) is 5.29. The zero-order valence-corrected chi connectivity index (χ0v) is 14.6. The van der Waals surface area contributed by atoms with Crippen molar-refractivity contribution in [2.45, 2.75) is 31.8 Å². The molecule has 2 heterocycles. The van der Waals surface area contributed by atoms with Crippen LogP contribution in [0.25, 0.3) is 0 Å². The van der Waals surface area contributed by atoms with Crippen molar-refractivity contribution in [3.63, 3.8) is 0 Å². The third-order valence-electron chi connectivity index (χ3n) is 5.85. The molecule has 5 nitrogen and oxygen atoms in total. The van der Waals surface area contributed by atoms with E-state index in [1.165, 1.54) is 11.3 Å². The van der Waals surface area contributed by atoms with Crippen molar-refractivity contribution in [1.82, 2.24) is 4.98 Å². The largest absolute Gasteiger partial charge is 0.486 e. The van der Waals surface area contributed by atoms with E-state index in [4.69, 9.17) is 4.74 Å². The van der Waals surface area contributed by atoms with Gasteiger partial charge in [0.1, 0.15) is 11.4 Å². The highest BCUT2D eigenvalue weighted by Gasteiger charge is 2.70. The minimum Gasteiger partial charge on any atom is -0.486 e. The Morgan fingerprint density at radius 2 is 2.32 bits per heavy atom. The zero-order chi connectivity index (χ0) is 17.2. The van der Waals surface area contributed by atoms with Crippen molar-refractivity contribution in [1.29, 1.82) is 0 Å². The molecule has 1 aliphatic heterocycles. The van der Waals surface area contributed by atoms with Crippen LogP contribution in [0.4, 0.5) is 5.13 Å². The molecule has 0 bridgehead atoms. The van der Waals surface area contributed by atoms with Gasteiger partial charge < -0.3 is 10.1 Å². The first-order chi connectivity index (χ1) is 12.1. The molecule has 1 aromatic carbocycles. The average molecular weight is 354 g/mol. The van der Waals surface area contributed by atoms with E-state index in [0.717, 1.165) is 18.4 Å². The lowest BCUT2D eigenvalue weighted by Gasteiger charge is -2.37. The molecule has 0 unspecified atom stereocenters. The van der Waals surface area contributed by atoms with Crippen LogP contribution in [0.5, 0.6) is 5.75 Å². The Bertz CT molecular complexity index is 879. The number of hydrogen-bond acceptors (Lipinski definition) is 5. The summed E-state index contributed by atoms with van der Waals surface area (Å²) in [5, 5.41) is 5.37. The van der Waals surface area contributed by atoms with Gasteiger partial charge in [-0.2, -0.15) is 0 Å². The average Bonchev–Trinajstić information content (AvgIpc) is 2.91.